The van der Waals surface area contributed by atoms with Crippen LogP contribution in [0.25, 0.3) is 0 Å². The first kappa shape index (κ1) is 19.5. The number of benzene rings is 2. The molecule has 2 aromatic carbocycles. The molecule has 5 nitrogen and oxygen atoms in total. The highest BCUT2D eigenvalue weighted by Gasteiger charge is 2.15. The average Bonchev–Trinajstić information content (AvgIpc) is 2.63. The molecular weight excluding hydrogens is 346 g/mol. The third kappa shape index (κ3) is 6.26. The van der Waals surface area contributed by atoms with E-state index in [0.717, 1.165) is 16.8 Å². The number of rotatable bonds is 7. The fourth-order valence-corrected chi connectivity index (χ4v) is 2.84. The van der Waals surface area contributed by atoms with Crippen molar-refractivity contribution in [2.45, 2.75) is 25.5 Å². The maximum Gasteiger partial charge on any atom is 0.237 e. The fourth-order valence-electron chi connectivity index (χ4n) is 2.15. The summed E-state index contributed by atoms with van der Waals surface area (Å²) in [4.78, 5) is 24.2. The van der Waals surface area contributed by atoms with Gasteiger partial charge in [-0.2, -0.15) is 5.26 Å². The van der Waals surface area contributed by atoms with Crippen LogP contribution in [0, 0.1) is 18.3 Å². The molecule has 0 saturated carbocycles. The molecule has 0 heterocycles. The predicted molar refractivity (Wildman–Crippen MR) is 106 cm³/mol. The highest BCUT2D eigenvalue weighted by molar-refractivity contribution is 8.01. The van der Waals surface area contributed by atoms with Gasteiger partial charge in [0.1, 0.15) is 0 Å². The summed E-state index contributed by atoms with van der Waals surface area (Å²) in [5.41, 5.74) is 3.45. The van der Waals surface area contributed by atoms with Crippen LogP contribution < -0.4 is 10.6 Å². The fraction of sp³-hybridized carbons (Fsp3) is 0.250. The monoisotopic (exact) mass is 367 g/mol. The number of anilines is 2. The lowest BCUT2D eigenvalue weighted by Crippen LogP contribution is -2.25. The largest absolute Gasteiger partial charge is 0.325 e. The van der Waals surface area contributed by atoms with Crippen LogP contribution in [0.15, 0.2) is 48.5 Å². The van der Waals surface area contributed by atoms with Gasteiger partial charge in [-0.25, -0.2) is 0 Å². The number of aryl methyl sites for hydroxylation is 1. The molecule has 0 aliphatic heterocycles. The molecule has 2 rings (SSSR count). The molecule has 2 N–H and O–H groups in total. The Morgan fingerprint density at radius 2 is 1.62 bits per heavy atom. The van der Waals surface area contributed by atoms with Gasteiger partial charge in [0, 0.05) is 11.4 Å². The van der Waals surface area contributed by atoms with Crippen LogP contribution in [0.4, 0.5) is 11.4 Å². The average molecular weight is 367 g/mol. The zero-order chi connectivity index (χ0) is 18.9. The van der Waals surface area contributed by atoms with E-state index >= 15 is 0 Å². The molecule has 0 unspecified atom stereocenters. The lowest BCUT2D eigenvalue weighted by Gasteiger charge is -2.12. The van der Waals surface area contributed by atoms with Crippen LogP contribution in [0.2, 0.25) is 0 Å². The quantitative estimate of drug-likeness (QED) is 0.781. The van der Waals surface area contributed by atoms with Crippen molar-refractivity contribution in [3.8, 4) is 6.07 Å². The Kier molecular flexibility index (Phi) is 7.24. The van der Waals surface area contributed by atoms with E-state index in [1.54, 1.807) is 19.1 Å². The summed E-state index contributed by atoms with van der Waals surface area (Å²) in [6.45, 7) is 3.75. The molecule has 26 heavy (non-hydrogen) atoms. The van der Waals surface area contributed by atoms with E-state index in [1.165, 1.54) is 11.8 Å². The Balaban J connectivity index is 1.78. The number of nitriles is 1. The van der Waals surface area contributed by atoms with Gasteiger partial charge in [-0.3, -0.25) is 9.59 Å². The molecule has 134 valence electrons. The number of hydrogen-bond donors (Lipinski definition) is 2. The van der Waals surface area contributed by atoms with Gasteiger partial charge in [0.05, 0.1) is 23.5 Å². The second-order valence-electron chi connectivity index (χ2n) is 5.89. The number of carbonyl (C=O) groups is 2. The summed E-state index contributed by atoms with van der Waals surface area (Å²) in [6, 6.07) is 16.8. The van der Waals surface area contributed by atoms with Gasteiger partial charge in [0.15, 0.2) is 0 Å². The Labute approximate surface area is 157 Å². The minimum absolute atomic E-state index is 0.139. The van der Waals surface area contributed by atoms with Gasteiger partial charge >= 0.3 is 0 Å². The van der Waals surface area contributed by atoms with Crippen LogP contribution in [0.5, 0.6) is 0 Å². The number of carbonyl (C=O) groups excluding carboxylic acids is 2. The number of amides is 2. The molecule has 0 aliphatic rings. The van der Waals surface area contributed by atoms with E-state index < -0.39 is 0 Å². The number of nitrogens with one attached hydrogen (secondary N) is 2. The normalized spacial score (nSPS) is 11.3. The highest BCUT2D eigenvalue weighted by atomic mass is 32.2. The minimum atomic E-state index is -0.363. The molecule has 6 heteroatoms. The zero-order valence-corrected chi connectivity index (χ0v) is 15.6. The van der Waals surface area contributed by atoms with Crippen LogP contribution in [0.1, 0.15) is 18.1 Å². The van der Waals surface area contributed by atoms with E-state index in [2.05, 4.69) is 16.7 Å². The lowest BCUT2D eigenvalue weighted by atomic mass is 10.1. The second-order valence-corrected chi connectivity index (χ2v) is 7.22. The van der Waals surface area contributed by atoms with Gasteiger partial charge < -0.3 is 10.6 Å². The molecule has 1 atom stereocenters. The van der Waals surface area contributed by atoms with Gasteiger partial charge in [-0.15, -0.1) is 11.8 Å². The molecule has 0 aromatic heterocycles. The first-order valence-electron chi connectivity index (χ1n) is 8.23. The van der Waals surface area contributed by atoms with Crippen LogP contribution in [-0.2, 0) is 16.0 Å². The van der Waals surface area contributed by atoms with E-state index in [9.17, 15) is 9.59 Å². The summed E-state index contributed by atoms with van der Waals surface area (Å²) >= 11 is 1.28. The summed E-state index contributed by atoms with van der Waals surface area (Å²) in [7, 11) is 0. The summed E-state index contributed by atoms with van der Waals surface area (Å²) in [6.07, 6.45) is 0.344. The number of hydrogen-bond acceptors (Lipinski definition) is 4. The molecule has 0 spiro atoms. The predicted octanol–water partition coefficient (Wildman–Crippen LogP) is 3.76. The minimum Gasteiger partial charge on any atom is -0.325 e. The van der Waals surface area contributed by atoms with E-state index in [4.69, 9.17) is 5.26 Å². The lowest BCUT2D eigenvalue weighted by molar-refractivity contribution is -0.115. The van der Waals surface area contributed by atoms with Gasteiger partial charge in [-0.05, 0) is 43.7 Å². The summed E-state index contributed by atoms with van der Waals surface area (Å²) in [5.74, 6) is -0.102. The Bertz CT molecular complexity index is 795. The van der Waals surface area contributed by atoms with E-state index in [0.29, 0.717) is 12.1 Å². The standard InChI is InChI=1S/C20H21N3O2S/c1-14-3-7-17(8-4-14)22-19(24)13-26-15(2)20(25)23-18-9-5-16(6-10-18)11-12-21/h3-10,15H,11,13H2,1-2H3,(H,22,24)(H,23,25)/t15-/m0/s1. The van der Waals surface area contributed by atoms with Gasteiger partial charge in [0.2, 0.25) is 11.8 Å². The molecule has 2 aromatic rings. The summed E-state index contributed by atoms with van der Waals surface area (Å²) < 4.78 is 0. The molecule has 0 aliphatic carbocycles. The Hall–Kier alpha value is -2.78. The van der Waals surface area contributed by atoms with Crippen molar-refractivity contribution in [3.63, 3.8) is 0 Å². The molecule has 0 saturated heterocycles. The van der Waals surface area contributed by atoms with Crippen LogP contribution >= 0.6 is 11.8 Å². The maximum absolute atomic E-state index is 12.2. The van der Waals surface area contributed by atoms with Crippen molar-refractivity contribution < 1.29 is 9.59 Å². The van der Waals surface area contributed by atoms with Crippen molar-refractivity contribution in [1.29, 1.82) is 5.26 Å². The van der Waals surface area contributed by atoms with Crippen molar-refractivity contribution in [2.75, 3.05) is 16.4 Å². The van der Waals surface area contributed by atoms with Crippen molar-refractivity contribution >= 4 is 35.0 Å². The van der Waals surface area contributed by atoms with Crippen molar-refractivity contribution in [2.24, 2.45) is 0 Å². The molecule has 0 fully saturated rings. The van der Waals surface area contributed by atoms with Crippen molar-refractivity contribution in [3.05, 3.63) is 59.7 Å². The Morgan fingerprint density at radius 1 is 1.04 bits per heavy atom. The van der Waals surface area contributed by atoms with Gasteiger partial charge in [-0.1, -0.05) is 29.8 Å². The number of thioether (sulfide) groups is 1. The first-order valence-corrected chi connectivity index (χ1v) is 9.27. The van der Waals surface area contributed by atoms with Crippen LogP contribution in [-0.4, -0.2) is 22.8 Å². The zero-order valence-electron chi connectivity index (χ0n) is 14.8. The van der Waals surface area contributed by atoms with Gasteiger partial charge in [0.25, 0.3) is 0 Å². The van der Waals surface area contributed by atoms with Crippen molar-refractivity contribution in [1.82, 2.24) is 0 Å². The third-order valence-corrected chi connectivity index (χ3v) is 4.82. The van der Waals surface area contributed by atoms with Crippen LogP contribution in [0.3, 0.4) is 0 Å². The SMILES string of the molecule is Cc1ccc(NC(=O)CS[C@@H](C)C(=O)Nc2ccc(CC#N)cc2)cc1. The second kappa shape index (κ2) is 9.64. The molecular formula is C20H21N3O2S. The Morgan fingerprint density at radius 3 is 2.23 bits per heavy atom. The first-order chi connectivity index (χ1) is 12.5. The maximum atomic E-state index is 12.2. The smallest absolute Gasteiger partial charge is 0.237 e. The topological polar surface area (TPSA) is 82.0 Å². The number of nitrogens with zero attached hydrogens (tertiary/aromatic N) is 1. The highest BCUT2D eigenvalue weighted by Crippen LogP contribution is 2.16. The molecule has 0 bridgehead atoms. The third-order valence-electron chi connectivity index (χ3n) is 3.67. The van der Waals surface area contributed by atoms with E-state index in [-0.39, 0.29) is 22.8 Å². The summed E-state index contributed by atoms with van der Waals surface area (Å²) in [5, 5.41) is 13.9. The van der Waals surface area contributed by atoms with E-state index in [1.807, 2.05) is 43.3 Å². The molecule has 0 radical (unpaired) electrons. The molecule has 2 amide bonds.